The van der Waals surface area contributed by atoms with E-state index in [4.69, 9.17) is 27.4 Å². The summed E-state index contributed by atoms with van der Waals surface area (Å²) in [5, 5.41) is 26.4. The third-order valence-corrected chi connectivity index (χ3v) is 4.36. The van der Waals surface area contributed by atoms with E-state index in [0.29, 0.717) is 6.42 Å². The van der Waals surface area contributed by atoms with Crippen molar-refractivity contribution < 1.29 is 39.0 Å². The molecule has 0 saturated carbocycles. The predicted molar refractivity (Wildman–Crippen MR) is 122 cm³/mol. The number of aliphatic carboxylic acids is 2. The molecule has 17 heteroatoms. The summed E-state index contributed by atoms with van der Waals surface area (Å²) in [4.78, 5) is 73.6. The average molecular weight is 507 g/mol. The molecule has 0 aromatic heterocycles. The van der Waals surface area contributed by atoms with E-state index in [1.165, 1.54) is 0 Å². The molecule has 0 aromatic carbocycles. The molecule has 0 spiro atoms. The molecule has 3 atom stereocenters. The van der Waals surface area contributed by atoms with Crippen LogP contribution >= 0.6 is 12.6 Å². The van der Waals surface area contributed by atoms with Crippen molar-refractivity contribution in [2.75, 3.05) is 25.4 Å². The Morgan fingerprint density at radius 3 is 1.88 bits per heavy atom. The summed E-state index contributed by atoms with van der Waals surface area (Å²) < 4.78 is 0. The Morgan fingerprint density at radius 1 is 0.882 bits per heavy atom. The first-order valence-corrected chi connectivity index (χ1v) is 10.5. The Labute approximate surface area is 199 Å². The monoisotopic (exact) mass is 506 g/mol. The van der Waals surface area contributed by atoms with Crippen LogP contribution in [0.1, 0.15) is 19.3 Å². The normalized spacial score (nSPS) is 12.9. The molecular weight excluding hydrogens is 476 g/mol. The molecule has 0 fully saturated rings. The second kappa shape index (κ2) is 16.1. The lowest BCUT2D eigenvalue weighted by Gasteiger charge is -2.18. The Kier molecular flexibility index (Phi) is 14.4. The minimum Gasteiger partial charge on any atom is -0.481 e. The third-order valence-electron chi connectivity index (χ3n) is 4.00. The number of aliphatic imine (C=N–C) groups is 1. The lowest BCUT2D eigenvalue weighted by atomic mass is 10.1. The van der Waals surface area contributed by atoms with Gasteiger partial charge in [0.1, 0.15) is 12.1 Å². The van der Waals surface area contributed by atoms with Crippen molar-refractivity contribution >= 4 is 54.2 Å². The molecule has 0 aliphatic carbocycles. The molecule has 0 aliphatic heterocycles. The van der Waals surface area contributed by atoms with E-state index >= 15 is 0 Å². The number of carboxylic acids is 2. The number of thiol groups is 1. The number of hydrogen-bond acceptors (Lipinski definition) is 9. The van der Waals surface area contributed by atoms with E-state index in [2.05, 4.69) is 38.9 Å². The highest BCUT2D eigenvalue weighted by molar-refractivity contribution is 7.80. The number of carbonyl (C=O) groups excluding carboxylic acids is 4. The molecule has 0 aliphatic rings. The summed E-state index contributed by atoms with van der Waals surface area (Å²) >= 11 is 3.77. The fraction of sp³-hybridized carbons (Fsp3) is 0.588. The van der Waals surface area contributed by atoms with Gasteiger partial charge in [-0.3, -0.25) is 29.0 Å². The number of hydrogen-bond donors (Lipinski definition) is 10. The molecule has 12 N–H and O–H groups in total. The van der Waals surface area contributed by atoms with Crippen LogP contribution in [0.5, 0.6) is 0 Å². The summed E-state index contributed by atoms with van der Waals surface area (Å²) in [6, 6.07) is -3.81. The van der Waals surface area contributed by atoms with Crippen LogP contribution in [-0.4, -0.2) is 95.3 Å². The summed E-state index contributed by atoms with van der Waals surface area (Å²) in [5.74, 6) is -6.46. The van der Waals surface area contributed by atoms with Crippen LogP contribution in [0.3, 0.4) is 0 Å². The molecule has 0 bridgehead atoms. The largest absolute Gasteiger partial charge is 0.481 e. The standard InChI is InChI=1S/C17H30N8O8S/c18-8(2-1-3-21-17(19)20)14(30)22-5-11(26)24-9(4-13(28)29)15(31)23-6-12(27)25-10(7-34)16(32)33/h8-10,34H,1-7,18H2,(H,22,30)(H,23,31)(H,24,26)(H,25,27)(H,28,29)(H,32,33)(H4,19,20,21)/t8-,9-,10-/m0/s1. The van der Waals surface area contributed by atoms with Crippen LogP contribution < -0.4 is 38.5 Å². The Bertz CT molecular complexity index is 789. The van der Waals surface area contributed by atoms with E-state index in [1.54, 1.807) is 0 Å². The van der Waals surface area contributed by atoms with E-state index < -0.39 is 73.2 Å². The number of guanidine groups is 1. The minimum absolute atomic E-state index is 0.0996. The summed E-state index contributed by atoms with van der Waals surface area (Å²) in [6.07, 6.45) is -0.174. The number of nitrogens with two attached hydrogens (primary N) is 3. The molecule has 0 heterocycles. The highest BCUT2D eigenvalue weighted by Gasteiger charge is 2.25. The fourth-order valence-corrected chi connectivity index (χ4v) is 2.55. The van der Waals surface area contributed by atoms with E-state index in [9.17, 15) is 28.8 Å². The second-order valence-electron chi connectivity index (χ2n) is 6.85. The van der Waals surface area contributed by atoms with Crippen LogP contribution in [0.15, 0.2) is 4.99 Å². The van der Waals surface area contributed by atoms with Gasteiger partial charge in [-0.15, -0.1) is 0 Å². The van der Waals surface area contributed by atoms with Gasteiger partial charge in [-0.2, -0.15) is 12.6 Å². The fourth-order valence-electron chi connectivity index (χ4n) is 2.30. The van der Waals surface area contributed by atoms with Gasteiger partial charge < -0.3 is 48.7 Å². The minimum atomic E-state index is -1.57. The molecule has 16 nitrogen and oxygen atoms in total. The highest BCUT2D eigenvalue weighted by Crippen LogP contribution is 1.96. The highest BCUT2D eigenvalue weighted by atomic mass is 32.1. The lowest BCUT2D eigenvalue weighted by Crippen LogP contribution is -2.53. The van der Waals surface area contributed by atoms with Crippen LogP contribution in [0.4, 0.5) is 0 Å². The zero-order valence-corrected chi connectivity index (χ0v) is 19.0. The molecule has 0 unspecified atom stereocenters. The molecule has 0 rings (SSSR count). The van der Waals surface area contributed by atoms with Gasteiger partial charge in [0.25, 0.3) is 0 Å². The predicted octanol–water partition coefficient (Wildman–Crippen LogP) is -4.94. The van der Waals surface area contributed by atoms with Crippen molar-refractivity contribution in [3.8, 4) is 0 Å². The third kappa shape index (κ3) is 13.7. The number of rotatable bonds is 16. The molecule has 0 radical (unpaired) electrons. The van der Waals surface area contributed by atoms with Gasteiger partial charge in [-0.1, -0.05) is 0 Å². The first-order chi connectivity index (χ1) is 15.9. The molecule has 34 heavy (non-hydrogen) atoms. The van der Waals surface area contributed by atoms with Gasteiger partial charge in [0, 0.05) is 12.3 Å². The SMILES string of the molecule is NC(N)=NCCC[C@H](N)C(=O)NCC(=O)N[C@@H](CC(=O)O)C(=O)NCC(=O)N[C@@H](CS)C(=O)O. The number of amides is 4. The maximum atomic E-state index is 12.2. The first kappa shape index (κ1) is 30.4. The van der Waals surface area contributed by atoms with Crippen molar-refractivity contribution in [1.82, 2.24) is 21.3 Å². The van der Waals surface area contributed by atoms with Gasteiger partial charge in [0.2, 0.25) is 23.6 Å². The van der Waals surface area contributed by atoms with Gasteiger partial charge in [0.15, 0.2) is 5.96 Å². The molecule has 0 saturated heterocycles. The number of nitrogens with one attached hydrogen (secondary N) is 4. The number of nitrogens with zero attached hydrogens (tertiary/aromatic N) is 1. The zero-order chi connectivity index (χ0) is 26.3. The second-order valence-corrected chi connectivity index (χ2v) is 7.21. The summed E-state index contributed by atoms with van der Waals surface area (Å²) in [5.41, 5.74) is 16.0. The van der Waals surface area contributed by atoms with Gasteiger partial charge in [-0.05, 0) is 12.8 Å². The van der Waals surface area contributed by atoms with Crippen molar-refractivity contribution in [2.45, 2.75) is 37.4 Å². The van der Waals surface area contributed by atoms with Gasteiger partial charge in [-0.25, -0.2) is 4.79 Å². The summed E-state index contributed by atoms with van der Waals surface area (Å²) in [7, 11) is 0. The van der Waals surface area contributed by atoms with Crippen molar-refractivity contribution in [1.29, 1.82) is 0 Å². The number of carbonyl (C=O) groups is 6. The Morgan fingerprint density at radius 2 is 1.41 bits per heavy atom. The van der Waals surface area contributed by atoms with Gasteiger partial charge >= 0.3 is 11.9 Å². The smallest absolute Gasteiger partial charge is 0.327 e. The van der Waals surface area contributed by atoms with Crippen LogP contribution in [-0.2, 0) is 28.8 Å². The van der Waals surface area contributed by atoms with Crippen LogP contribution in [0, 0.1) is 0 Å². The quantitative estimate of drug-likeness (QED) is 0.0409. The maximum Gasteiger partial charge on any atom is 0.327 e. The maximum absolute atomic E-state index is 12.2. The molecule has 0 aromatic rings. The van der Waals surface area contributed by atoms with Crippen molar-refractivity contribution in [2.24, 2.45) is 22.2 Å². The van der Waals surface area contributed by atoms with E-state index in [1.807, 2.05) is 0 Å². The van der Waals surface area contributed by atoms with E-state index in [-0.39, 0.29) is 24.7 Å². The Balaban J connectivity index is 4.66. The summed E-state index contributed by atoms with van der Waals surface area (Å²) in [6.45, 7) is -1.00. The zero-order valence-electron chi connectivity index (χ0n) is 18.2. The van der Waals surface area contributed by atoms with Crippen molar-refractivity contribution in [3.63, 3.8) is 0 Å². The lowest BCUT2D eigenvalue weighted by molar-refractivity contribution is -0.142. The molecule has 192 valence electrons. The van der Waals surface area contributed by atoms with Crippen molar-refractivity contribution in [3.05, 3.63) is 0 Å². The van der Waals surface area contributed by atoms with E-state index in [0.717, 1.165) is 0 Å². The Hall–Kier alpha value is -3.60. The topological polar surface area (TPSA) is 281 Å². The van der Waals surface area contributed by atoms with Crippen LogP contribution in [0.2, 0.25) is 0 Å². The average Bonchev–Trinajstić information content (AvgIpc) is 2.75. The molecule has 4 amide bonds. The molecular formula is C17H30N8O8S. The number of carboxylic acid groups (broad SMARTS) is 2. The first-order valence-electron chi connectivity index (χ1n) is 9.87. The van der Waals surface area contributed by atoms with Crippen LogP contribution in [0.25, 0.3) is 0 Å². The van der Waals surface area contributed by atoms with Gasteiger partial charge in [0.05, 0.1) is 25.6 Å².